The lowest BCUT2D eigenvalue weighted by atomic mass is 10.1. The second kappa shape index (κ2) is 10.1. The van der Waals surface area contributed by atoms with Crippen LogP contribution in [-0.4, -0.2) is 17.5 Å². The van der Waals surface area contributed by atoms with Gasteiger partial charge in [0.1, 0.15) is 5.82 Å². The fourth-order valence-electron chi connectivity index (χ4n) is 2.59. The van der Waals surface area contributed by atoms with E-state index in [0.717, 1.165) is 34.5 Å². The zero-order valence-corrected chi connectivity index (χ0v) is 16.9. The van der Waals surface area contributed by atoms with E-state index in [1.165, 1.54) is 12.1 Å². The van der Waals surface area contributed by atoms with Gasteiger partial charge in [-0.05, 0) is 36.2 Å². The first-order chi connectivity index (χ1) is 12.3. The lowest BCUT2D eigenvalue weighted by molar-refractivity contribution is 0.627. The molecule has 0 radical (unpaired) electrons. The lowest BCUT2D eigenvalue weighted by Gasteiger charge is -2.12. The van der Waals surface area contributed by atoms with Crippen molar-refractivity contribution < 1.29 is 4.39 Å². The molecule has 0 saturated carbocycles. The van der Waals surface area contributed by atoms with E-state index in [-0.39, 0.29) is 29.8 Å². The third-order valence-electron chi connectivity index (χ3n) is 3.84. The van der Waals surface area contributed by atoms with Gasteiger partial charge >= 0.3 is 0 Å². The van der Waals surface area contributed by atoms with Crippen LogP contribution in [0.2, 0.25) is 0 Å². The number of aliphatic imine (C=N–C) groups is 1. The Morgan fingerprint density at radius 2 is 1.81 bits per heavy atom. The molecule has 0 saturated heterocycles. The van der Waals surface area contributed by atoms with Crippen molar-refractivity contribution in [3.05, 3.63) is 77.7 Å². The number of halogens is 2. The van der Waals surface area contributed by atoms with E-state index in [9.17, 15) is 4.39 Å². The summed E-state index contributed by atoms with van der Waals surface area (Å²) in [6, 6.07) is 16.5. The molecule has 2 aromatic carbocycles. The summed E-state index contributed by atoms with van der Waals surface area (Å²) in [7, 11) is 0. The standard InChI is InChI=1S/C20H21FN4.HI/c1-2-22-20(24-13-15-8-10-18(21)11-9-15)25-14-17-6-3-5-16-7-4-12-23-19(16)17;/h3-12H,2,13-14H2,1H3,(H2,22,24,25);1H. The van der Waals surface area contributed by atoms with Gasteiger partial charge in [0.05, 0.1) is 12.1 Å². The first kappa shape index (κ1) is 20.1. The molecule has 0 bridgehead atoms. The highest BCUT2D eigenvalue weighted by Gasteiger charge is 2.03. The molecule has 3 aromatic rings. The number of nitrogens with zero attached hydrogens (tertiary/aromatic N) is 2. The fraction of sp³-hybridized carbons (Fsp3) is 0.200. The predicted octanol–water partition coefficient (Wildman–Crippen LogP) is 4.25. The molecule has 0 aliphatic heterocycles. The van der Waals surface area contributed by atoms with Crippen LogP contribution < -0.4 is 10.6 Å². The Balaban J connectivity index is 0.00000243. The van der Waals surface area contributed by atoms with E-state index in [0.29, 0.717) is 13.1 Å². The molecular weight excluding hydrogens is 442 g/mol. The predicted molar refractivity (Wildman–Crippen MR) is 115 cm³/mol. The van der Waals surface area contributed by atoms with Gasteiger partial charge in [0, 0.05) is 24.7 Å². The van der Waals surface area contributed by atoms with Gasteiger partial charge in [-0.1, -0.05) is 36.4 Å². The molecule has 136 valence electrons. The number of pyridine rings is 1. The highest BCUT2D eigenvalue weighted by Crippen LogP contribution is 2.15. The molecule has 4 nitrogen and oxygen atoms in total. The van der Waals surface area contributed by atoms with Crippen molar-refractivity contribution in [2.24, 2.45) is 4.99 Å². The quantitative estimate of drug-likeness (QED) is 0.337. The van der Waals surface area contributed by atoms with Gasteiger partial charge in [0.2, 0.25) is 0 Å². The molecule has 0 amide bonds. The van der Waals surface area contributed by atoms with Gasteiger partial charge < -0.3 is 10.6 Å². The van der Waals surface area contributed by atoms with Gasteiger partial charge in [0.25, 0.3) is 0 Å². The van der Waals surface area contributed by atoms with E-state index in [1.54, 1.807) is 18.3 Å². The van der Waals surface area contributed by atoms with Crippen molar-refractivity contribution in [2.45, 2.75) is 20.0 Å². The maximum Gasteiger partial charge on any atom is 0.191 e. The summed E-state index contributed by atoms with van der Waals surface area (Å²) in [5.41, 5.74) is 3.07. The van der Waals surface area contributed by atoms with E-state index in [1.807, 2.05) is 19.1 Å². The van der Waals surface area contributed by atoms with Crippen molar-refractivity contribution in [1.29, 1.82) is 0 Å². The highest BCUT2D eigenvalue weighted by molar-refractivity contribution is 14.0. The third kappa shape index (κ3) is 5.39. The number of hydrogen-bond donors (Lipinski definition) is 2. The molecule has 1 heterocycles. The number of fused-ring (bicyclic) bond motifs is 1. The van der Waals surface area contributed by atoms with Crippen molar-refractivity contribution >= 4 is 40.8 Å². The molecule has 0 atom stereocenters. The Morgan fingerprint density at radius 1 is 1.04 bits per heavy atom. The number of rotatable bonds is 5. The average molecular weight is 464 g/mol. The van der Waals surface area contributed by atoms with Crippen LogP contribution in [0.5, 0.6) is 0 Å². The fourth-order valence-corrected chi connectivity index (χ4v) is 2.59. The molecule has 6 heteroatoms. The van der Waals surface area contributed by atoms with Crippen LogP contribution in [0, 0.1) is 5.82 Å². The minimum Gasteiger partial charge on any atom is -0.357 e. The summed E-state index contributed by atoms with van der Waals surface area (Å²) >= 11 is 0. The summed E-state index contributed by atoms with van der Waals surface area (Å²) < 4.78 is 13.0. The van der Waals surface area contributed by atoms with Crippen molar-refractivity contribution in [3.63, 3.8) is 0 Å². The maximum absolute atomic E-state index is 13.0. The number of hydrogen-bond acceptors (Lipinski definition) is 2. The first-order valence-electron chi connectivity index (χ1n) is 8.35. The topological polar surface area (TPSA) is 49.3 Å². The van der Waals surface area contributed by atoms with E-state index >= 15 is 0 Å². The van der Waals surface area contributed by atoms with Crippen LogP contribution in [-0.2, 0) is 13.1 Å². The second-order valence-electron chi connectivity index (χ2n) is 5.67. The molecule has 0 aliphatic rings. The summed E-state index contributed by atoms with van der Waals surface area (Å²) in [6.45, 7) is 3.91. The van der Waals surface area contributed by atoms with Gasteiger partial charge in [-0.15, -0.1) is 24.0 Å². The zero-order valence-electron chi connectivity index (χ0n) is 14.6. The Labute approximate surface area is 170 Å². The van der Waals surface area contributed by atoms with Gasteiger partial charge in [-0.2, -0.15) is 0 Å². The molecule has 2 N–H and O–H groups in total. The van der Waals surface area contributed by atoms with Crippen LogP contribution in [0.15, 0.2) is 65.8 Å². The van der Waals surface area contributed by atoms with Gasteiger partial charge in [0.15, 0.2) is 5.96 Å². The third-order valence-corrected chi connectivity index (χ3v) is 3.84. The SMILES string of the molecule is CCNC(=NCc1ccc(F)cc1)NCc1cccc2cccnc12.I. The number of nitrogens with one attached hydrogen (secondary N) is 2. The molecule has 3 rings (SSSR count). The smallest absolute Gasteiger partial charge is 0.191 e. The number of benzene rings is 2. The minimum absolute atomic E-state index is 0. The average Bonchev–Trinajstić information content (AvgIpc) is 2.65. The summed E-state index contributed by atoms with van der Waals surface area (Å²) in [4.78, 5) is 9.03. The summed E-state index contributed by atoms with van der Waals surface area (Å²) in [5, 5.41) is 7.68. The Hall–Kier alpha value is -2.22. The minimum atomic E-state index is -0.235. The van der Waals surface area contributed by atoms with Crippen LogP contribution in [0.1, 0.15) is 18.1 Å². The Kier molecular flexibility index (Phi) is 7.77. The molecule has 0 fully saturated rings. The molecule has 26 heavy (non-hydrogen) atoms. The zero-order chi connectivity index (χ0) is 17.5. The van der Waals surface area contributed by atoms with E-state index < -0.39 is 0 Å². The van der Waals surface area contributed by atoms with Crippen molar-refractivity contribution in [2.75, 3.05) is 6.54 Å². The molecule has 0 unspecified atom stereocenters. The molecule has 1 aromatic heterocycles. The van der Waals surface area contributed by atoms with E-state index in [2.05, 4.69) is 38.8 Å². The Bertz CT molecular complexity index is 860. The number of guanidine groups is 1. The molecule has 0 aliphatic carbocycles. The van der Waals surface area contributed by atoms with Crippen LogP contribution in [0.3, 0.4) is 0 Å². The van der Waals surface area contributed by atoms with E-state index in [4.69, 9.17) is 0 Å². The lowest BCUT2D eigenvalue weighted by Crippen LogP contribution is -2.36. The largest absolute Gasteiger partial charge is 0.357 e. The van der Waals surface area contributed by atoms with Crippen LogP contribution in [0.4, 0.5) is 4.39 Å². The Morgan fingerprint density at radius 3 is 2.58 bits per heavy atom. The van der Waals surface area contributed by atoms with Crippen LogP contribution >= 0.6 is 24.0 Å². The molecule has 0 spiro atoms. The van der Waals surface area contributed by atoms with Crippen LogP contribution in [0.25, 0.3) is 10.9 Å². The summed E-state index contributed by atoms with van der Waals surface area (Å²) in [6.07, 6.45) is 1.81. The van der Waals surface area contributed by atoms with Crippen molar-refractivity contribution in [1.82, 2.24) is 15.6 Å². The summed E-state index contributed by atoms with van der Waals surface area (Å²) in [5.74, 6) is 0.487. The van der Waals surface area contributed by atoms with Crippen molar-refractivity contribution in [3.8, 4) is 0 Å². The number of para-hydroxylation sites is 1. The monoisotopic (exact) mass is 464 g/mol. The highest BCUT2D eigenvalue weighted by atomic mass is 127. The van der Waals surface area contributed by atoms with Gasteiger partial charge in [-0.3, -0.25) is 4.98 Å². The van der Waals surface area contributed by atoms with Gasteiger partial charge in [-0.25, -0.2) is 9.38 Å². The second-order valence-corrected chi connectivity index (χ2v) is 5.67. The first-order valence-corrected chi connectivity index (χ1v) is 8.35. The maximum atomic E-state index is 13.0. The normalized spacial score (nSPS) is 11.1. The molecular formula is C20H22FIN4. The number of aromatic nitrogens is 1.